The van der Waals surface area contributed by atoms with Gasteiger partial charge in [-0.2, -0.15) is 0 Å². The van der Waals surface area contributed by atoms with Crippen LogP contribution in [0, 0.1) is 19.3 Å². The van der Waals surface area contributed by atoms with Crippen LogP contribution < -0.4 is 0 Å². The van der Waals surface area contributed by atoms with E-state index in [1.54, 1.807) is 16.2 Å². The van der Waals surface area contributed by atoms with E-state index in [-0.39, 0.29) is 18.4 Å². The normalized spacial score (nSPS) is 24.2. The molecule has 0 aromatic carbocycles. The highest BCUT2D eigenvalue weighted by atomic mass is 32.1. The number of nitrogens with zero attached hydrogens (tertiary/aromatic N) is 3. The molecule has 0 unspecified atom stereocenters. The van der Waals surface area contributed by atoms with Crippen molar-refractivity contribution in [3.63, 3.8) is 0 Å². The second kappa shape index (κ2) is 6.80. The fourth-order valence-electron chi connectivity index (χ4n) is 3.94. The first-order valence-electron chi connectivity index (χ1n) is 8.56. The summed E-state index contributed by atoms with van der Waals surface area (Å²) in [5, 5.41) is 10.1. The maximum Gasteiger partial charge on any atom is 0.230 e. The number of carbonyl (C=O) groups excluding carboxylic acids is 2. The van der Waals surface area contributed by atoms with Crippen molar-refractivity contribution in [2.45, 2.75) is 39.5 Å². The molecule has 0 radical (unpaired) electrons. The highest BCUT2D eigenvalue weighted by molar-refractivity contribution is 7.11. The van der Waals surface area contributed by atoms with E-state index < -0.39 is 5.41 Å². The van der Waals surface area contributed by atoms with Gasteiger partial charge in [-0.05, 0) is 33.1 Å². The van der Waals surface area contributed by atoms with Crippen molar-refractivity contribution in [2.75, 3.05) is 32.8 Å². The second-order valence-corrected chi connectivity index (χ2v) is 8.17. The van der Waals surface area contributed by atoms with E-state index in [1.807, 2.05) is 18.7 Å². The monoisotopic (exact) mass is 351 g/mol. The van der Waals surface area contributed by atoms with Gasteiger partial charge >= 0.3 is 0 Å². The van der Waals surface area contributed by atoms with E-state index in [9.17, 15) is 9.59 Å². The lowest BCUT2D eigenvalue weighted by Crippen LogP contribution is -2.51. The second-order valence-electron chi connectivity index (χ2n) is 6.88. The summed E-state index contributed by atoms with van der Waals surface area (Å²) in [5.74, 6) is 0.202. The number of aromatic nitrogens is 1. The molecule has 132 valence electrons. The van der Waals surface area contributed by atoms with Gasteiger partial charge < -0.3 is 14.9 Å². The Morgan fingerprint density at radius 1 is 1.33 bits per heavy atom. The molecule has 1 aromatic rings. The minimum Gasteiger partial charge on any atom is -0.395 e. The lowest BCUT2D eigenvalue weighted by molar-refractivity contribution is -0.146. The molecule has 6 nitrogen and oxygen atoms in total. The van der Waals surface area contributed by atoms with E-state index in [0.717, 1.165) is 34.8 Å². The SMILES string of the molecule is Cc1nc(C)c(CC(=O)N2CC[C@@]3(CCCN(CCO)C3=O)C2)s1. The first-order valence-corrected chi connectivity index (χ1v) is 9.38. The summed E-state index contributed by atoms with van der Waals surface area (Å²) in [6.07, 6.45) is 2.90. The number of thiazole rings is 1. The molecule has 1 N–H and O–H groups in total. The smallest absolute Gasteiger partial charge is 0.230 e. The van der Waals surface area contributed by atoms with Gasteiger partial charge in [0.05, 0.1) is 29.1 Å². The summed E-state index contributed by atoms with van der Waals surface area (Å²) in [7, 11) is 0. The molecule has 2 aliphatic rings. The summed E-state index contributed by atoms with van der Waals surface area (Å²) < 4.78 is 0. The Labute approximate surface area is 146 Å². The molecule has 1 spiro atoms. The molecule has 2 amide bonds. The van der Waals surface area contributed by atoms with Gasteiger partial charge in [0.15, 0.2) is 0 Å². The number of aliphatic hydroxyl groups is 1. The van der Waals surface area contributed by atoms with Crippen LogP contribution in [0.1, 0.15) is 34.8 Å². The predicted molar refractivity (Wildman–Crippen MR) is 91.8 cm³/mol. The first-order chi connectivity index (χ1) is 11.4. The van der Waals surface area contributed by atoms with Gasteiger partial charge in [0.25, 0.3) is 0 Å². The molecule has 7 heteroatoms. The van der Waals surface area contributed by atoms with Crippen LogP contribution in [0.25, 0.3) is 0 Å². The zero-order valence-corrected chi connectivity index (χ0v) is 15.2. The Hall–Kier alpha value is -1.47. The molecular formula is C17H25N3O3S. The van der Waals surface area contributed by atoms with Crippen LogP contribution in [-0.4, -0.2) is 64.5 Å². The van der Waals surface area contributed by atoms with Crippen molar-refractivity contribution in [1.82, 2.24) is 14.8 Å². The van der Waals surface area contributed by atoms with Crippen LogP contribution >= 0.6 is 11.3 Å². The van der Waals surface area contributed by atoms with Crippen molar-refractivity contribution in [3.05, 3.63) is 15.6 Å². The molecule has 3 heterocycles. The molecule has 0 saturated carbocycles. The van der Waals surface area contributed by atoms with Gasteiger partial charge in [-0.3, -0.25) is 9.59 Å². The maximum atomic E-state index is 12.8. The molecule has 1 aromatic heterocycles. The van der Waals surface area contributed by atoms with E-state index in [0.29, 0.717) is 32.6 Å². The molecular weight excluding hydrogens is 326 g/mol. The third-order valence-corrected chi connectivity index (χ3v) is 6.28. The fraction of sp³-hybridized carbons (Fsp3) is 0.706. The highest BCUT2D eigenvalue weighted by Crippen LogP contribution is 2.40. The first kappa shape index (κ1) is 17.4. The maximum absolute atomic E-state index is 12.8. The zero-order chi connectivity index (χ0) is 17.3. The Bertz CT molecular complexity index is 643. The Balaban J connectivity index is 1.67. The molecule has 1 atom stereocenters. The summed E-state index contributed by atoms with van der Waals surface area (Å²) >= 11 is 1.57. The quantitative estimate of drug-likeness (QED) is 0.883. The lowest BCUT2D eigenvalue weighted by Gasteiger charge is -2.39. The van der Waals surface area contributed by atoms with Crippen molar-refractivity contribution in [1.29, 1.82) is 0 Å². The number of amides is 2. The number of β-amino-alcohol motifs (C(OH)–C–C–N with tert-alkyl or cyclic N) is 1. The van der Waals surface area contributed by atoms with Crippen LogP contribution in [0.4, 0.5) is 0 Å². The van der Waals surface area contributed by atoms with Crippen molar-refractivity contribution >= 4 is 23.2 Å². The number of hydrogen-bond acceptors (Lipinski definition) is 5. The number of aliphatic hydroxyl groups excluding tert-OH is 1. The molecule has 24 heavy (non-hydrogen) atoms. The summed E-state index contributed by atoms with van der Waals surface area (Å²) in [5.41, 5.74) is 0.504. The van der Waals surface area contributed by atoms with E-state index in [4.69, 9.17) is 5.11 Å². The predicted octanol–water partition coefficient (Wildman–Crippen LogP) is 1.14. The number of rotatable bonds is 4. The average molecular weight is 351 g/mol. The minimum atomic E-state index is -0.429. The highest BCUT2D eigenvalue weighted by Gasteiger charge is 2.49. The largest absolute Gasteiger partial charge is 0.395 e. The summed E-state index contributed by atoms with van der Waals surface area (Å²) in [4.78, 5) is 34.5. The van der Waals surface area contributed by atoms with Gasteiger partial charge in [0.2, 0.25) is 11.8 Å². The van der Waals surface area contributed by atoms with E-state index in [1.165, 1.54) is 0 Å². The van der Waals surface area contributed by atoms with Crippen LogP contribution in [0.5, 0.6) is 0 Å². The number of likely N-dealkylation sites (tertiary alicyclic amines) is 2. The molecule has 2 fully saturated rings. The van der Waals surface area contributed by atoms with Crippen molar-refractivity contribution in [2.24, 2.45) is 5.41 Å². The molecule has 2 saturated heterocycles. The van der Waals surface area contributed by atoms with Crippen LogP contribution in [0.15, 0.2) is 0 Å². The van der Waals surface area contributed by atoms with Crippen molar-refractivity contribution in [3.8, 4) is 0 Å². The van der Waals surface area contributed by atoms with Crippen molar-refractivity contribution < 1.29 is 14.7 Å². The Morgan fingerprint density at radius 2 is 2.12 bits per heavy atom. The van der Waals surface area contributed by atoms with Gasteiger partial charge in [-0.1, -0.05) is 0 Å². The summed E-state index contributed by atoms with van der Waals surface area (Å²) in [6.45, 7) is 6.16. The third-order valence-electron chi connectivity index (χ3n) is 5.21. The molecule has 3 rings (SSSR count). The topological polar surface area (TPSA) is 73.7 Å². The number of hydrogen-bond donors (Lipinski definition) is 1. The van der Waals surface area contributed by atoms with Crippen LogP contribution in [0.2, 0.25) is 0 Å². The number of carbonyl (C=O) groups is 2. The fourth-order valence-corrected chi connectivity index (χ4v) is 4.86. The van der Waals surface area contributed by atoms with Gasteiger partial charge in [0.1, 0.15) is 0 Å². The van der Waals surface area contributed by atoms with Gasteiger partial charge in [0, 0.05) is 31.1 Å². The third kappa shape index (κ3) is 3.19. The zero-order valence-electron chi connectivity index (χ0n) is 14.4. The van der Waals surface area contributed by atoms with Gasteiger partial charge in [-0.25, -0.2) is 4.98 Å². The number of aryl methyl sites for hydroxylation is 2. The average Bonchev–Trinajstić information content (AvgIpc) is 3.09. The lowest BCUT2D eigenvalue weighted by atomic mass is 9.78. The molecule has 0 aliphatic carbocycles. The van der Waals surface area contributed by atoms with Crippen LogP contribution in [-0.2, 0) is 16.0 Å². The van der Waals surface area contributed by atoms with Crippen LogP contribution in [0.3, 0.4) is 0 Å². The van der Waals surface area contributed by atoms with E-state index in [2.05, 4.69) is 4.98 Å². The standard InChI is InChI=1S/C17H25N3O3S/c1-12-14(24-13(2)18-12)10-15(22)20-7-5-17(11-20)4-3-6-19(8-9-21)16(17)23/h21H,3-11H2,1-2H3/t17-/m0/s1. The minimum absolute atomic E-state index is 0.00549. The van der Waals surface area contributed by atoms with Gasteiger partial charge in [-0.15, -0.1) is 11.3 Å². The number of piperidine rings is 1. The Kier molecular flexibility index (Phi) is 4.92. The summed E-state index contributed by atoms with van der Waals surface area (Å²) in [6, 6.07) is 0. The Morgan fingerprint density at radius 3 is 2.79 bits per heavy atom. The molecule has 2 aliphatic heterocycles. The van der Waals surface area contributed by atoms with E-state index >= 15 is 0 Å². The molecule has 0 bridgehead atoms.